The van der Waals surface area contributed by atoms with E-state index < -0.39 is 29.3 Å². The Kier molecular flexibility index (Phi) is 6.76. The van der Waals surface area contributed by atoms with Crippen molar-refractivity contribution in [2.24, 2.45) is 0 Å². The first kappa shape index (κ1) is 21.4. The number of hydrogen-bond acceptors (Lipinski definition) is 3. The van der Waals surface area contributed by atoms with Crippen LogP contribution < -0.4 is 5.32 Å². The molecule has 1 aliphatic rings. The number of para-hydroxylation sites is 1. The van der Waals surface area contributed by atoms with E-state index in [0.717, 1.165) is 12.1 Å². The minimum absolute atomic E-state index is 0.218. The van der Waals surface area contributed by atoms with Crippen LogP contribution in [0.15, 0.2) is 48.5 Å². The lowest BCUT2D eigenvalue weighted by Gasteiger charge is -2.29. The van der Waals surface area contributed by atoms with Crippen molar-refractivity contribution < 1.29 is 23.2 Å². The zero-order valence-electron chi connectivity index (χ0n) is 16.6. The van der Waals surface area contributed by atoms with Gasteiger partial charge in [-0.15, -0.1) is 0 Å². The van der Waals surface area contributed by atoms with Crippen LogP contribution in [0.2, 0.25) is 0 Å². The van der Waals surface area contributed by atoms with E-state index in [4.69, 9.17) is 0 Å². The van der Waals surface area contributed by atoms with Crippen molar-refractivity contribution in [3.05, 3.63) is 65.7 Å². The van der Waals surface area contributed by atoms with Gasteiger partial charge in [0.2, 0.25) is 11.8 Å². The van der Waals surface area contributed by atoms with Crippen molar-refractivity contribution in [3.63, 3.8) is 0 Å². The molecule has 1 aliphatic heterocycles. The summed E-state index contributed by atoms with van der Waals surface area (Å²) in [5.74, 6) is -3.10. The maximum atomic E-state index is 13.8. The molecule has 1 atom stereocenters. The average molecular weight is 415 g/mol. The van der Waals surface area contributed by atoms with Gasteiger partial charge in [-0.05, 0) is 44.0 Å². The SMILES string of the molecule is CCN(CC(=O)Nc1c(F)cccc1F)C(=O)C1CCCN1C(=O)c1ccccc1. The van der Waals surface area contributed by atoms with Gasteiger partial charge in [-0.1, -0.05) is 24.3 Å². The Morgan fingerprint density at radius 2 is 1.73 bits per heavy atom. The molecule has 2 aromatic carbocycles. The number of carbonyl (C=O) groups excluding carboxylic acids is 3. The predicted molar refractivity (Wildman–Crippen MR) is 108 cm³/mol. The number of likely N-dealkylation sites (tertiary alicyclic amines) is 1. The van der Waals surface area contributed by atoms with Crippen molar-refractivity contribution in [1.82, 2.24) is 9.80 Å². The highest BCUT2D eigenvalue weighted by molar-refractivity contribution is 5.99. The number of likely N-dealkylation sites (N-methyl/N-ethyl adjacent to an activating group) is 1. The summed E-state index contributed by atoms with van der Waals surface area (Å²) in [6, 6.07) is 11.3. The highest BCUT2D eigenvalue weighted by Crippen LogP contribution is 2.22. The van der Waals surface area contributed by atoms with Gasteiger partial charge in [-0.3, -0.25) is 14.4 Å². The zero-order valence-corrected chi connectivity index (χ0v) is 16.6. The second-order valence-corrected chi connectivity index (χ2v) is 7.02. The van der Waals surface area contributed by atoms with E-state index in [0.29, 0.717) is 24.9 Å². The molecular formula is C22H23F2N3O3. The number of hydrogen-bond donors (Lipinski definition) is 1. The molecule has 0 bridgehead atoms. The van der Waals surface area contributed by atoms with Gasteiger partial charge in [0.25, 0.3) is 5.91 Å². The number of halogens is 2. The minimum Gasteiger partial charge on any atom is -0.332 e. The fourth-order valence-corrected chi connectivity index (χ4v) is 3.54. The molecule has 1 fully saturated rings. The van der Waals surface area contributed by atoms with Gasteiger partial charge in [0.15, 0.2) is 0 Å². The number of amides is 3. The van der Waals surface area contributed by atoms with Gasteiger partial charge in [-0.25, -0.2) is 8.78 Å². The van der Waals surface area contributed by atoms with E-state index in [2.05, 4.69) is 5.32 Å². The molecule has 0 radical (unpaired) electrons. The van der Waals surface area contributed by atoms with E-state index in [1.54, 1.807) is 37.3 Å². The molecule has 1 unspecified atom stereocenters. The third kappa shape index (κ3) is 4.64. The Labute approximate surface area is 173 Å². The summed E-state index contributed by atoms with van der Waals surface area (Å²) >= 11 is 0. The van der Waals surface area contributed by atoms with Gasteiger partial charge in [0.1, 0.15) is 23.4 Å². The van der Waals surface area contributed by atoms with E-state index in [1.807, 2.05) is 0 Å². The molecule has 0 spiro atoms. The monoisotopic (exact) mass is 415 g/mol. The predicted octanol–water partition coefficient (Wildman–Crippen LogP) is 3.06. The van der Waals surface area contributed by atoms with Crippen LogP contribution in [0.4, 0.5) is 14.5 Å². The molecule has 1 saturated heterocycles. The topological polar surface area (TPSA) is 69.7 Å². The van der Waals surface area contributed by atoms with Crippen LogP contribution in [0.1, 0.15) is 30.1 Å². The molecule has 2 aromatic rings. The number of rotatable bonds is 6. The fourth-order valence-electron chi connectivity index (χ4n) is 3.54. The van der Waals surface area contributed by atoms with Gasteiger partial charge in [-0.2, -0.15) is 0 Å². The molecular weight excluding hydrogens is 392 g/mol. The lowest BCUT2D eigenvalue weighted by molar-refractivity contribution is -0.137. The lowest BCUT2D eigenvalue weighted by Crippen LogP contribution is -2.49. The first-order valence-electron chi connectivity index (χ1n) is 9.81. The number of nitrogens with one attached hydrogen (secondary N) is 1. The Morgan fingerprint density at radius 3 is 2.37 bits per heavy atom. The summed E-state index contributed by atoms with van der Waals surface area (Å²) in [5.41, 5.74) is -0.0548. The lowest BCUT2D eigenvalue weighted by atomic mass is 10.1. The van der Waals surface area contributed by atoms with E-state index in [-0.39, 0.29) is 24.9 Å². The van der Waals surface area contributed by atoms with Crippen LogP contribution in [0.5, 0.6) is 0 Å². The van der Waals surface area contributed by atoms with Crippen molar-refractivity contribution >= 4 is 23.4 Å². The number of nitrogens with zero attached hydrogens (tertiary/aromatic N) is 2. The summed E-state index contributed by atoms with van der Waals surface area (Å²) < 4.78 is 27.5. The summed E-state index contributed by atoms with van der Waals surface area (Å²) in [5, 5.41) is 2.19. The van der Waals surface area contributed by atoms with Gasteiger partial charge >= 0.3 is 0 Å². The number of carbonyl (C=O) groups is 3. The molecule has 6 nitrogen and oxygen atoms in total. The Bertz CT molecular complexity index is 916. The van der Waals surface area contributed by atoms with E-state index in [1.165, 1.54) is 15.9 Å². The Balaban J connectivity index is 1.69. The summed E-state index contributed by atoms with van der Waals surface area (Å²) in [7, 11) is 0. The van der Waals surface area contributed by atoms with E-state index >= 15 is 0 Å². The zero-order chi connectivity index (χ0) is 21.7. The Morgan fingerprint density at radius 1 is 1.07 bits per heavy atom. The van der Waals surface area contributed by atoms with Crippen LogP contribution in [0.25, 0.3) is 0 Å². The molecule has 1 N–H and O–H groups in total. The third-order valence-electron chi connectivity index (χ3n) is 5.07. The third-order valence-corrected chi connectivity index (χ3v) is 5.07. The van der Waals surface area contributed by atoms with Gasteiger partial charge in [0, 0.05) is 18.7 Å². The fraction of sp³-hybridized carbons (Fsp3) is 0.318. The second-order valence-electron chi connectivity index (χ2n) is 7.02. The van der Waals surface area contributed by atoms with Crippen molar-refractivity contribution in [3.8, 4) is 0 Å². The largest absolute Gasteiger partial charge is 0.332 e. The molecule has 3 amide bonds. The first-order chi connectivity index (χ1) is 14.4. The van der Waals surface area contributed by atoms with Crippen LogP contribution in [-0.2, 0) is 9.59 Å². The summed E-state index contributed by atoms with van der Waals surface area (Å²) in [6.45, 7) is 2.00. The molecule has 0 aliphatic carbocycles. The maximum Gasteiger partial charge on any atom is 0.254 e. The number of benzene rings is 2. The van der Waals surface area contributed by atoms with Crippen LogP contribution in [-0.4, -0.2) is 53.2 Å². The van der Waals surface area contributed by atoms with Gasteiger partial charge in [0.05, 0.1) is 6.54 Å². The van der Waals surface area contributed by atoms with Crippen molar-refractivity contribution in [1.29, 1.82) is 0 Å². The molecule has 30 heavy (non-hydrogen) atoms. The number of anilines is 1. The molecule has 3 rings (SSSR count). The molecule has 1 heterocycles. The smallest absolute Gasteiger partial charge is 0.254 e. The highest BCUT2D eigenvalue weighted by Gasteiger charge is 2.37. The minimum atomic E-state index is -0.895. The highest BCUT2D eigenvalue weighted by atomic mass is 19.1. The first-order valence-corrected chi connectivity index (χ1v) is 9.81. The van der Waals surface area contributed by atoms with Crippen LogP contribution in [0.3, 0.4) is 0 Å². The Hall–Kier alpha value is -3.29. The van der Waals surface area contributed by atoms with Crippen molar-refractivity contribution in [2.75, 3.05) is 25.0 Å². The van der Waals surface area contributed by atoms with Crippen LogP contribution in [0, 0.1) is 11.6 Å². The van der Waals surface area contributed by atoms with Crippen LogP contribution >= 0.6 is 0 Å². The van der Waals surface area contributed by atoms with Gasteiger partial charge < -0.3 is 15.1 Å². The molecule has 8 heteroatoms. The summed E-state index contributed by atoms with van der Waals surface area (Å²) in [4.78, 5) is 41.0. The standard InChI is InChI=1S/C22H23F2N3O3/c1-2-26(14-19(28)25-20-16(23)10-6-11-17(20)24)22(30)18-12-7-13-27(18)21(29)15-8-4-3-5-9-15/h3-6,8-11,18H,2,7,12-14H2,1H3,(H,25,28). The quantitative estimate of drug-likeness (QED) is 0.789. The second kappa shape index (κ2) is 9.47. The van der Waals surface area contributed by atoms with Crippen molar-refractivity contribution in [2.45, 2.75) is 25.8 Å². The van der Waals surface area contributed by atoms with E-state index in [9.17, 15) is 23.2 Å². The average Bonchev–Trinajstić information content (AvgIpc) is 3.24. The molecule has 0 saturated carbocycles. The maximum absolute atomic E-state index is 13.8. The summed E-state index contributed by atoms with van der Waals surface area (Å²) in [6.07, 6.45) is 1.18. The molecule has 158 valence electrons. The normalized spacial score (nSPS) is 15.7. The molecule has 0 aromatic heterocycles.